The summed E-state index contributed by atoms with van der Waals surface area (Å²) in [5, 5.41) is 1.67. The molecule has 2 aromatic carbocycles. The number of hydrogen-bond acceptors (Lipinski definition) is 2. The molecule has 0 bridgehead atoms. The standard InChI is InChI=1S/2C17H26ClN.H2O/c2*1-13(2)12-16(19(3)4)17(10-5-11-17)14-6-8-15(18)9-7-14;/h2*6-9,13,16H,5,10-12H2,1-4H3;1H2. The molecule has 2 aromatic rings. The maximum Gasteiger partial charge on any atom is 0.0406 e. The Kier molecular flexibility index (Phi) is 12.8. The highest BCUT2D eigenvalue weighted by atomic mass is 35.5. The van der Waals surface area contributed by atoms with E-state index in [2.05, 4.69) is 90.0 Å². The Bertz CT molecular complexity index is 896. The van der Waals surface area contributed by atoms with E-state index in [9.17, 15) is 0 Å². The molecule has 2 unspecified atom stereocenters. The molecule has 4 rings (SSSR count). The zero-order valence-corrected chi connectivity index (χ0v) is 27.2. The number of hydrogen-bond donors (Lipinski definition) is 0. The molecule has 0 amide bonds. The lowest BCUT2D eigenvalue weighted by molar-refractivity contribution is 0.0808. The second-order valence-electron chi connectivity index (χ2n) is 13.3. The summed E-state index contributed by atoms with van der Waals surface area (Å²) in [5.74, 6) is 1.47. The predicted molar refractivity (Wildman–Crippen MR) is 171 cm³/mol. The van der Waals surface area contributed by atoms with Crippen molar-refractivity contribution in [2.45, 2.75) is 102 Å². The van der Waals surface area contributed by atoms with Gasteiger partial charge in [-0.3, -0.25) is 0 Å². The minimum atomic E-state index is 0. The first kappa shape index (κ1) is 34.1. The van der Waals surface area contributed by atoms with Crippen LogP contribution in [-0.2, 0) is 10.8 Å². The first-order valence-corrected chi connectivity index (χ1v) is 15.5. The highest BCUT2D eigenvalue weighted by Crippen LogP contribution is 2.50. The molecule has 39 heavy (non-hydrogen) atoms. The maximum absolute atomic E-state index is 6.04. The van der Waals surface area contributed by atoms with Crippen LogP contribution in [0.4, 0.5) is 0 Å². The van der Waals surface area contributed by atoms with Gasteiger partial charge in [-0.15, -0.1) is 0 Å². The Morgan fingerprint density at radius 2 is 0.872 bits per heavy atom. The van der Waals surface area contributed by atoms with Crippen molar-refractivity contribution in [1.82, 2.24) is 9.80 Å². The zero-order chi connectivity index (χ0) is 28.1. The summed E-state index contributed by atoms with van der Waals surface area (Å²) in [5.41, 5.74) is 3.64. The summed E-state index contributed by atoms with van der Waals surface area (Å²) >= 11 is 12.1. The number of likely N-dealkylation sites (N-methyl/N-ethyl adjacent to an activating group) is 2. The number of halogens is 2. The van der Waals surface area contributed by atoms with Crippen molar-refractivity contribution in [1.29, 1.82) is 0 Å². The molecule has 2 fully saturated rings. The van der Waals surface area contributed by atoms with Crippen LogP contribution in [0.5, 0.6) is 0 Å². The van der Waals surface area contributed by atoms with E-state index in [1.165, 1.54) is 62.5 Å². The molecule has 3 nitrogen and oxygen atoms in total. The van der Waals surface area contributed by atoms with Crippen molar-refractivity contribution in [3.8, 4) is 0 Å². The van der Waals surface area contributed by atoms with Gasteiger partial charge in [0.15, 0.2) is 0 Å². The van der Waals surface area contributed by atoms with Gasteiger partial charge in [-0.25, -0.2) is 0 Å². The van der Waals surface area contributed by atoms with Gasteiger partial charge in [-0.2, -0.15) is 0 Å². The van der Waals surface area contributed by atoms with Crippen LogP contribution < -0.4 is 0 Å². The molecular weight excluding hydrogens is 523 g/mol. The van der Waals surface area contributed by atoms with Crippen LogP contribution in [0.25, 0.3) is 0 Å². The zero-order valence-electron chi connectivity index (χ0n) is 25.7. The fourth-order valence-corrected chi connectivity index (χ4v) is 7.31. The monoisotopic (exact) mass is 576 g/mol. The highest BCUT2D eigenvalue weighted by molar-refractivity contribution is 6.30. The van der Waals surface area contributed by atoms with Crippen molar-refractivity contribution in [2.75, 3.05) is 28.2 Å². The topological polar surface area (TPSA) is 38.0 Å². The fraction of sp³-hybridized carbons (Fsp3) is 0.647. The van der Waals surface area contributed by atoms with E-state index in [1.807, 2.05) is 24.3 Å². The largest absolute Gasteiger partial charge is 0.412 e. The fourth-order valence-electron chi connectivity index (χ4n) is 7.06. The lowest BCUT2D eigenvalue weighted by Gasteiger charge is -2.51. The molecule has 0 heterocycles. The van der Waals surface area contributed by atoms with E-state index in [0.29, 0.717) is 22.9 Å². The molecule has 2 aliphatic carbocycles. The molecule has 2 N–H and O–H groups in total. The van der Waals surface area contributed by atoms with Gasteiger partial charge in [-0.05, 0) is 114 Å². The molecule has 2 saturated carbocycles. The lowest BCUT2D eigenvalue weighted by Crippen LogP contribution is -2.52. The van der Waals surface area contributed by atoms with E-state index >= 15 is 0 Å². The summed E-state index contributed by atoms with van der Waals surface area (Å²) in [4.78, 5) is 4.85. The minimum Gasteiger partial charge on any atom is -0.412 e. The summed E-state index contributed by atoms with van der Waals surface area (Å²) < 4.78 is 0. The average molecular weight is 578 g/mol. The van der Waals surface area contributed by atoms with Gasteiger partial charge < -0.3 is 15.3 Å². The molecule has 220 valence electrons. The third kappa shape index (κ3) is 8.01. The molecule has 0 radical (unpaired) electrons. The molecule has 0 spiro atoms. The highest BCUT2D eigenvalue weighted by Gasteiger charge is 2.47. The number of rotatable bonds is 10. The molecule has 0 aliphatic heterocycles. The van der Waals surface area contributed by atoms with E-state index in [1.54, 1.807) is 0 Å². The van der Waals surface area contributed by atoms with Gasteiger partial charge in [0, 0.05) is 33.0 Å². The van der Waals surface area contributed by atoms with Gasteiger partial charge in [0.1, 0.15) is 0 Å². The first-order chi connectivity index (χ1) is 17.9. The normalized spacial score (nSPS) is 19.0. The summed E-state index contributed by atoms with van der Waals surface area (Å²) in [6.45, 7) is 9.30. The third-order valence-corrected chi connectivity index (χ3v) is 9.75. The van der Waals surface area contributed by atoms with Crippen LogP contribution in [0.3, 0.4) is 0 Å². The molecule has 2 aliphatic rings. The SMILES string of the molecule is CC(C)CC(N(C)C)C1(c2ccc(Cl)cc2)CCC1.CC(C)CC(N(C)C)C1(c2ccc(Cl)cc2)CCC1.O. The van der Waals surface area contributed by atoms with Crippen molar-refractivity contribution >= 4 is 23.2 Å². The number of benzene rings is 2. The quantitative estimate of drug-likeness (QED) is 0.283. The smallest absolute Gasteiger partial charge is 0.0406 e. The summed E-state index contributed by atoms with van der Waals surface area (Å²) in [6, 6.07) is 18.4. The predicted octanol–water partition coefficient (Wildman–Crippen LogP) is 8.65. The molecule has 2 atom stereocenters. The molecule has 0 saturated heterocycles. The Labute approximate surface area is 249 Å². The molecule has 5 heteroatoms. The van der Waals surface area contributed by atoms with E-state index in [-0.39, 0.29) is 5.48 Å². The third-order valence-electron chi connectivity index (χ3n) is 9.24. The van der Waals surface area contributed by atoms with Crippen molar-refractivity contribution < 1.29 is 5.48 Å². The van der Waals surface area contributed by atoms with Crippen LogP contribution in [0.15, 0.2) is 48.5 Å². The van der Waals surface area contributed by atoms with Crippen LogP contribution >= 0.6 is 23.2 Å². The van der Waals surface area contributed by atoms with Crippen molar-refractivity contribution in [3.63, 3.8) is 0 Å². The van der Waals surface area contributed by atoms with Gasteiger partial charge >= 0.3 is 0 Å². The molecule has 0 aromatic heterocycles. The second-order valence-corrected chi connectivity index (χ2v) is 14.1. The van der Waals surface area contributed by atoms with Crippen LogP contribution in [0.1, 0.15) is 90.2 Å². The van der Waals surface area contributed by atoms with Crippen LogP contribution in [0, 0.1) is 11.8 Å². The van der Waals surface area contributed by atoms with E-state index < -0.39 is 0 Å². The Morgan fingerprint density at radius 1 is 0.590 bits per heavy atom. The lowest BCUT2D eigenvalue weighted by atomic mass is 9.58. The van der Waals surface area contributed by atoms with Crippen molar-refractivity contribution in [2.24, 2.45) is 11.8 Å². The van der Waals surface area contributed by atoms with Gasteiger partial charge in [-0.1, -0.05) is 88.0 Å². The second kappa shape index (κ2) is 14.7. The Morgan fingerprint density at radius 3 is 1.05 bits per heavy atom. The molecular formula is C34H54Cl2N2O. The Balaban J connectivity index is 0.000000267. The summed E-state index contributed by atoms with van der Waals surface area (Å²) in [6.07, 6.45) is 10.5. The maximum atomic E-state index is 6.04. The minimum absolute atomic E-state index is 0. The first-order valence-electron chi connectivity index (χ1n) is 14.8. The van der Waals surface area contributed by atoms with Crippen molar-refractivity contribution in [3.05, 3.63) is 69.7 Å². The van der Waals surface area contributed by atoms with E-state index in [4.69, 9.17) is 23.2 Å². The van der Waals surface area contributed by atoms with Crippen LogP contribution in [-0.4, -0.2) is 55.6 Å². The van der Waals surface area contributed by atoms with Gasteiger partial charge in [0.25, 0.3) is 0 Å². The average Bonchev–Trinajstić information content (AvgIpc) is 2.78. The van der Waals surface area contributed by atoms with Gasteiger partial charge in [0.05, 0.1) is 0 Å². The number of nitrogens with zero attached hydrogens (tertiary/aromatic N) is 2. The van der Waals surface area contributed by atoms with Crippen LogP contribution in [0.2, 0.25) is 10.0 Å². The van der Waals surface area contributed by atoms with Gasteiger partial charge in [0.2, 0.25) is 0 Å². The summed E-state index contributed by atoms with van der Waals surface area (Å²) in [7, 11) is 8.90. The Hall–Kier alpha value is -1.10. The van der Waals surface area contributed by atoms with E-state index in [0.717, 1.165) is 21.9 Å².